The zero-order valence-electron chi connectivity index (χ0n) is 16.6. The first-order chi connectivity index (χ1) is 14.7. The van der Waals surface area contributed by atoms with Crippen LogP contribution in [-0.4, -0.2) is 65.4 Å². The Balaban J connectivity index is 1.50. The third-order valence-electron chi connectivity index (χ3n) is 5.81. The van der Waals surface area contributed by atoms with E-state index in [1.807, 2.05) is 11.0 Å². The van der Waals surface area contributed by atoms with Crippen molar-refractivity contribution in [2.24, 2.45) is 5.92 Å². The van der Waals surface area contributed by atoms with Crippen LogP contribution >= 0.6 is 0 Å². The Kier molecular flexibility index (Phi) is 4.92. The summed E-state index contributed by atoms with van der Waals surface area (Å²) in [7, 11) is 0. The molecule has 0 spiro atoms. The third kappa shape index (κ3) is 3.54. The maximum absolute atomic E-state index is 11.4. The average molecular weight is 405 g/mol. The van der Waals surface area contributed by atoms with E-state index in [0.717, 1.165) is 43.1 Å². The predicted molar refractivity (Wildman–Crippen MR) is 114 cm³/mol. The molecule has 2 aromatic heterocycles. The standard InChI is InChI=1S/C22H23N5O3/c28-22(29)16-5-8-27(14-16)21-20-19(23-6-7-24-20)13-18(25-21)15-1-3-17(4-2-15)26-9-11-30-12-10-26/h1-4,6-7,13,16H,5,8-12,14H2,(H,28,29). The van der Waals surface area contributed by atoms with Crippen molar-refractivity contribution < 1.29 is 14.6 Å². The minimum Gasteiger partial charge on any atom is -0.481 e. The number of hydrogen-bond donors (Lipinski definition) is 1. The molecule has 4 heterocycles. The number of aliphatic carboxylic acids is 1. The Morgan fingerprint density at radius 2 is 1.80 bits per heavy atom. The van der Waals surface area contributed by atoms with Crippen LogP contribution in [0, 0.1) is 5.92 Å². The second-order valence-corrected chi connectivity index (χ2v) is 7.67. The summed E-state index contributed by atoms with van der Waals surface area (Å²) in [6.45, 7) is 4.38. The summed E-state index contributed by atoms with van der Waals surface area (Å²) in [5, 5.41) is 9.37. The summed E-state index contributed by atoms with van der Waals surface area (Å²) in [4.78, 5) is 29.6. The minimum atomic E-state index is -0.761. The van der Waals surface area contributed by atoms with Gasteiger partial charge in [0.05, 0.1) is 30.3 Å². The van der Waals surface area contributed by atoms with Crippen molar-refractivity contribution in [1.29, 1.82) is 0 Å². The van der Waals surface area contributed by atoms with E-state index in [1.54, 1.807) is 12.4 Å². The van der Waals surface area contributed by atoms with Crippen molar-refractivity contribution in [3.8, 4) is 11.3 Å². The first kappa shape index (κ1) is 18.7. The second kappa shape index (κ2) is 7.87. The summed E-state index contributed by atoms with van der Waals surface area (Å²) in [5.74, 6) is -0.436. The van der Waals surface area contributed by atoms with E-state index in [-0.39, 0.29) is 5.92 Å². The van der Waals surface area contributed by atoms with Crippen LogP contribution in [0.25, 0.3) is 22.3 Å². The quantitative estimate of drug-likeness (QED) is 0.708. The lowest BCUT2D eigenvalue weighted by atomic mass is 10.1. The van der Waals surface area contributed by atoms with Gasteiger partial charge in [-0.05, 0) is 24.6 Å². The maximum Gasteiger partial charge on any atom is 0.308 e. The number of aromatic nitrogens is 3. The first-order valence-electron chi connectivity index (χ1n) is 10.2. The van der Waals surface area contributed by atoms with Crippen molar-refractivity contribution in [2.75, 3.05) is 49.2 Å². The van der Waals surface area contributed by atoms with Gasteiger partial charge in [0.15, 0.2) is 5.82 Å². The fraction of sp³-hybridized carbons (Fsp3) is 0.364. The molecule has 3 aromatic rings. The molecule has 2 saturated heterocycles. The van der Waals surface area contributed by atoms with Gasteiger partial charge in [-0.3, -0.25) is 9.78 Å². The number of ether oxygens (including phenoxy) is 1. The van der Waals surface area contributed by atoms with E-state index in [1.165, 1.54) is 5.69 Å². The molecular formula is C22H23N5O3. The van der Waals surface area contributed by atoms with Crippen LogP contribution in [0.1, 0.15) is 6.42 Å². The van der Waals surface area contributed by atoms with Crippen molar-refractivity contribution in [3.05, 3.63) is 42.7 Å². The Morgan fingerprint density at radius 3 is 2.53 bits per heavy atom. The van der Waals surface area contributed by atoms with Gasteiger partial charge in [0, 0.05) is 49.8 Å². The topological polar surface area (TPSA) is 91.7 Å². The molecule has 5 rings (SSSR count). The first-order valence-corrected chi connectivity index (χ1v) is 10.2. The van der Waals surface area contributed by atoms with Crippen LogP contribution in [0.2, 0.25) is 0 Å². The highest BCUT2D eigenvalue weighted by Gasteiger charge is 2.30. The van der Waals surface area contributed by atoms with Gasteiger partial charge in [0.25, 0.3) is 0 Å². The van der Waals surface area contributed by atoms with Crippen molar-refractivity contribution in [2.45, 2.75) is 6.42 Å². The molecule has 0 bridgehead atoms. The fourth-order valence-corrected chi connectivity index (χ4v) is 4.14. The number of carbonyl (C=O) groups is 1. The van der Waals surface area contributed by atoms with Gasteiger partial charge in [-0.15, -0.1) is 0 Å². The van der Waals surface area contributed by atoms with Crippen LogP contribution in [0.15, 0.2) is 42.7 Å². The summed E-state index contributed by atoms with van der Waals surface area (Å²) in [5.41, 5.74) is 4.44. The molecule has 30 heavy (non-hydrogen) atoms. The third-order valence-corrected chi connectivity index (χ3v) is 5.81. The van der Waals surface area contributed by atoms with E-state index in [2.05, 4.69) is 39.1 Å². The number of anilines is 2. The highest BCUT2D eigenvalue weighted by molar-refractivity contribution is 5.89. The zero-order chi connectivity index (χ0) is 20.5. The normalized spacial score (nSPS) is 19.4. The summed E-state index contributed by atoms with van der Waals surface area (Å²) in [6, 6.07) is 10.3. The van der Waals surface area contributed by atoms with Gasteiger partial charge >= 0.3 is 5.97 Å². The SMILES string of the molecule is O=C(O)C1CCN(c2nc(-c3ccc(N4CCOCC4)cc3)cc3nccnc23)C1. The molecule has 2 aliphatic heterocycles. The van der Waals surface area contributed by atoms with E-state index in [0.29, 0.717) is 30.8 Å². The van der Waals surface area contributed by atoms with Crippen LogP contribution in [0.4, 0.5) is 11.5 Å². The molecule has 0 amide bonds. The van der Waals surface area contributed by atoms with Gasteiger partial charge in [-0.2, -0.15) is 0 Å². The lowest BCUT2D eigenvalue weighted by Crippen LogP contribution is -2.36. The number of rotatable bonds is 4. The van der Waals surface area contributed by atoms with Crippen molar-refractivity contribution in [3.63, 3.8) is 0 Å². The average Bonchev–Trinajstić information content (AvgIpc) is 3.30. The molecule has 2 fully saturated rings. The van der Waals surface area contributed by atoms with Crippen LogP contribution in [0.5, 0.6) is 0 Å². The Labute approximate surface area is 174 Å². The zero-order valence-corrected chi connectivity index (χ0v) is 16.6. The Bertz CT molecular complexity index is 1070. The predicted octanol–water partition coefficient (Wildman–Crippen LogP) is 2.44. The van der Waals surface area contributed by atoms with Crippen LogP contribution in [-0.2, 0) is 9.53 Å². The smallest absolute Gasteiger partial charge is 0.308 e. The van der Waals surface area contributed by atoms with E-state index in [4.69, 9.17) is 9.72 Å². The van der Waals surface area contributed by atoms with E-state index in [9.17, 15) is 9.90 Å². The molecule has 0 radical (unpaired) electrons. The number of fused-ring (bicyclic) bond motifs is 1. The number of carboxylic acids is 1. The monoisotopic (exact) mass is 405 g/mol. The molecule has 8 nitrogen and oxygen atoms in total. The fourth-order valence-electron chi connectivity index (χ4n) is 4.14. The number of morpholine rings is 1. The molecule has 0 saturated carbocycles. The van der Waals surface area contributed by atoms with Crippen molar-refractivity contribution in [1.82, 2.24) is 15.0 Å². The van der Waals surface area contributed by atoms with Gasteiger partial charge in [0.1, 0.15) is 5.52 Å². The largest absolute Gasteiger partial charge is 0.481 e. The number of benzene rings is 1. The summed E-state index contributed by atoms with van der Waals surface area (Å²) >= 11 is 0. The molecule has 1 aromatic carbocycles. The molecule has 1 unspecified atom stereocenters. The molecule has 1 N–H and O–H groups in total. The lowest BCUT2D eigenvalue weighted by Gasteiger charge is -2.28. The molecule has 8 heteroatoms. The Morgan fingerprint density at radius 1 is 1.03 bits per heavy atom. The number of hydrogen-bond acceptors (Lipinski definition) is 7. The molecule has 1 atom stereocenters. The van der Waals surface area contributed by atoms with Crippen LogP contribution < -0.4 is 9.80 Å². The number of pyridine rings is 1. The molecule has 2 aliphatic rings. The highest BCUT2D eigenvalue weighted by atomic mass is 16.5. The number of nitrogens with zero attached hydrogens (tertiary/aromatic N) is 5. The van der Waals surface area contributed by atoms with E-state index >= 15 is 0 Å². The Hall–Kier alpha value is -3.26. The second-order valence-electron chi connectivity index (χ2n) is 7.67. The van der Waals surface area contributed by atoms with Crippen molar-refractivity contribution >= 4 is 28.5 Å². The van der Waals surface area contributed by atoms with E-state index < -0.39 is 5.97 Å². The molecule has 154 valence electrons. The van der Waals surface area contributed by atoms with Gasteiger partial charge < -0.3 is 19.6 Å². The lowest BCUT2D eigenvalue weighted by molar-refractivity contribution is -0.140. The maximum atomic E-state index is 11.4. The van der Waals surface area contributed by atoms with Gasteiger partial charge in [-0.1, -0.05) is 12.1 Å². The summed E-state index contributed by atoms with van der Waals surface area (Å²) in [6.07, 6.45) is 3.92. The number of carboxylic acid groups (broad SMARTS) is 1. The highest BCUT2D eigenvalue weighted by Crippen LogP contribution is 2.31. The van der Waals surface area contributed by atoms with Gasteiger partial charge in [-0.25, -0.2) is 9.97 Å². The summed E-state index contributed by atoms with van der Waals surface area (Å²) < 4.78 is 5.43. The minimum absolute atomic E-state index is 0.380. The van der Waals surface area contributed by atoms with Crippen LogP contribution in [0.3, 0.4) is 0 Å². The van der Waals surface area contributed by atoms with Gasteiger partial charge in [0.2, 0.25) is 0 Å². The molecule has 0 aliphatic carbocycles. The molecular weight excluding hydrogens is 382 g/mol.